The Bertz CT molecular complexity index is 887. The van der Waals surface area contributed by atoms with E-state index in [4.69, 9.17) is 9.47 Å². The third-order valence-corrected chi connectivity index (χ3v) is 8.23. The predicted octanol–water partition coefficient (Wildman–Crippen LogP) is 3.68. The van der Waals surface area contributed by atoms with Crippen LogP contribution in [0.15, 0.2) is 28.8 Å². The van der Waals surface area contributed by atoms with Crippen molar-refractivity contribution in [2.45, 2.75) is 51.5 Å². The Labute approximate surface area is 185 Å². The Balaban J connectivity index is 1.39. The van der Waals surface area contributed by atoms with Crippen LogP contribution in [0.4, 0.5) is 4.79 Å². The van der Waals surface area contributed by atoms with E-state index in [1.54, 1.807) is 6.92 Å². The number of rotatable bonds is 6. The molecule has 7 nitrogen and oxygen atoms in total. The van der Waals surface area contributed by atoms with Gasteiger partial charge in [-0.15, -0.1) is 11.3 Å². The third kappa shape index (κ3) is 3.75. The molecule has 0 radical (unpaired) electrons. The number of amides is 2. The molecule has 0 saturated heterocycles. The second-order valence-corrected chi connectivity index (χ2v) is 10.4. The van der Waals surface area contributed by atoms with Gasteiger partial charge in [0.05, 0.1) is 29.3 Å². The molecule has 0 spiro atoms. The van der Waals surface area contributed by atoms with Crippen LogP contribution in [-0.2, 0) is 19.1 Å². The van der Waals surface area contributed by atoms with Gasteiger partial charge in [-0.3, -0.25) is 4.79 Å². The number of ether oxygens (including phenoxy) is 2. The van der Waals surface area contributed by atoms with Gasteiger partial charge in [0.2, 0.25) is 0 Å². The number of carbonyl (C=O) groups excluding carboxylic acids is 3. The van der Waals surface area contributed by atoms with Crippen LogP contribution in [0.2, 0.25) is 0 Å². The van der Waals surface area contributed by atoms with Crippen LogP contribution in [0.1, 0.15) is 56.4 Å². The Morgan fingerprint density at radius 2 is 1.81 bits per heavy atom. The Kier molecular flexibility index (Phi) is 5.28. The first kappa shape index (κ1) is 20.5. The van der Waals surface area contributed by atoms with Gasteiger partial charge in [0.15, 0.2) is 0 Å². The molecule has 1 aliphatic heterocycles. The van der Waals surface area contributed by atoms with Gasteiger partial charge in [-0.1, -0.05) is 6.07 Å². The van der Waals surface area contributed by atoms with E-state index in [2.05, 4.69) is 10.6 Å². The molecule has 1 aromatic rings. The van der Waals surface area contributed by atoms with Gasteiger partial charge in [0.25, 0.3) is 0 Å². The van der Waals surface area contributed by atoms with Crippen LogP contribution >= 0.6 is 11.3 Å². The first-order chi connectivity index (χ1) is 15.0. The zero-order chi connectivity index (χ0) is 21.6. The number of thiophene rings is 1. The summed E-state index contributed by atoms with van der Waals surface area (Å²) < 4.78 is 11.1. The Hall–Kier alpha value is -2.35. The molecule has 6 rings (SSSR count). The van der Waals surface area contributed by atoms with Crippen LogP contribution < -0.4 is 10.6 Å². The fourth-order valence-corrected chi connectivity index (χ4v) is 7.29. The molecule has 2 amide bonds. The molecule has 4 fully saturated rings. The van der Waals surface area contributed by atoms with Crippen LogP contribution in [0.3, 0.4) is 0 Å². The molecule has 1 atom stereocenters. The normalized spacial score (nSPS) is 33.6. The summed E-state index contributed by atoms with van der Waals surface area (Å²) in [4.78, 5) is 39.2. The van der Waals surface area contributed by atoms with E-state index in [0.717, 1.165) is 24.1 Å². The second-order valence-electron chi connectivity index (χ2n) is 9.43. The van der Waals surface area contributed by atoms with Gasteiger partial charge >= 0.3 is 18.0 Å². The summed E-state index contributed by atoms with van der Waals surface area (Å²) in [5.41, 5.74) is 0.213. The molecule has 4 aliphatic carbocycles. The quantitative estimate of drug-likeness (QED) is 0.653. The predicted molar refractivity (Wildman–Crippen MR) is 114 cm³/mol. The van der Waals surface area contributed by atoms with Crippen molar-refractivity contribution in [3.05, 3.63) is 33.7 Å². The maximum Gasteiger partial charge on any atom is 0.338 e. The van der Waals surface area contributed by atoms with Crippen molar-refractivity contribution in [2.75, 3.05) is 13.2 Å². The topological polar surface area (TPSA) is 93.7 Å². The van der Waals surface area contributed by atoms with E-state index in [1.165, 1.54) is 30.6 Å². The first-order valence-corrected chi connectivity index (χ1v) is 12.0. The smallest absolute Gasteiger partial charge is 0.338 e. The van der Waals surface area contributed by atoms with E-state index < -0.39 is 18.0 Å². The molecule has 0 aromatic carbocycles. The molecule has 0 unspecified atom stereocenters. The number of nitrogens with one attached hydrogen (secondary N) is 2. The molecule has 4 saturated carbocycles. The zero-order valence-electron chi connectivity index (χ0n) is 17.6. The van der Waals surface area contributed by atoms with Crippen molar-refractivity contribution < 1.29 is 23.9 Å². The van der Waals surface area contributed by atoms with E-state index >= 15 is 0 Å². The van der Waals surface area contributed by atoms with E-state index in [-0.39, 0.29) is 24.6 Å². The van der Waals surface area contributed by atoms with Crippen LogP contribution in [0.25, 0.3) is 0 Å². The van der Waals surface area contributed by atoms with Crippen molar-refractivity contribution in [3.63, 3.8) is 0 Å². The highest BCUT2D eigenvalue weighted by Gasteiger charge is 2.55. The SMILES string of the molecule is CCOC(=O)C1=C(COC(=O)C23CC4CC(CC(C4)C2)C3)NC(=O)N[C@H]1c1cccs1. The number of esters is 2. The highest BCUT2D eigenvalue weighted by Crippen LogP contribution is 2.60. The van der Waals surface area contributed by atoms with Crippen molar-refractivity contribution in [3.8, 4) is 0 Å². The summed E-state index contributed by atoms with van der Waals surface area (Å²) in [6, 6.07) is 2.68. The van der Waals surface area contributed by atoms with Crippen molar-refractivity contribution in [2.24, 2.45) is 23.2 Å². The van der Waals surface area contributed by atoms with Crippen LogP contribution in [0, 0.1) is 23.2 Å². The van der Waals surface area contributed by atoms with Crippen molar-refractivity contribution >= 4 is 29.3 Å². The standard InChI is InChI=1S/C23H28N2O5S/c1-2-29-20(26)18-16(24-22(28)25-19(18)17-4-3-5-31-17)12-30-21(27)23-9-13-6-14(10-23)8-15(7-13)11-23/h3-5,13-15,19H,2,6-12H2,1H3,(H2,24,25,28)/t13?,14?,15?,19-,23?/m0/s1. The summed E-state index contributed by atoms with van der Waals surface area (Å²) in [5, 5.41) is 7.37. The lowest BCUT2D eigenvalue weighted by Crippen LogP contribution is -2.51. The van der Waals surface area contributed by atoms with Crippen molar-refractivity contribution in [1.82, 2.24) is 10.6 Å². The van der Waals surface area contributed by atoms with Gasteiger partial charge in [-0.2, -0.15) is 0 Å². The molecule has 1 aromatic heterocycles. The fraction of sp³-hybridized carbons (Fsp3) is 0.609. The van der Waals surface area contributed by atoms with Crippen LogP contribution in [-0.4, -0.2) is 31.2 Å². The largest absolute Gasteiger partial charge is 0.463 e. The van der Waals surface area contributed by atoms with Gasteiger partial charge in [-0.05, 0) is 74.6 Å². The zero-order valence-corrected chi connectivity index (χ0v) is 18.5. The molecular weight excluding hydrogens is 416 g/mol. The maximum atomic E-state index is 13.2. The lowest BCUT2D eigenvalue weighted by Gasteiger charge is -2.55. The maximum absolute atomic E-state index is 13.2. The minimum Gasteiger partial charge on any atom is -0.463 e. The third-order valence-electron chi connectivity index (χ3n) is 7.30. The number of urea groups is 1. The second kappa shape index (κ2) is 7.97. The lowest BCUT2D eigenvalue weighted by atomic mass is 9.49. The summed E-state index contributed by atoms with van der Waals surface area (Å²) in [5.74, 6) is 1.21. The van der Waals surface area contributed by atoms with Crippen LogP contribution in [0.5, 0.6) is 0 Å². The first-order valence-electron chi connectivity index (χ1n) is 11.2. The lowest BCUT2D eigenvalue weighted by molar-refractivity contribution is -0.170. The average Bonchev–Trinajstić information content (AvgIpc) is 3.25. The highest BCUT2D eigenvalue weighted by molar-refractivity contribution is 7.10. The number of hydrogen-bond donors (Lipinski definition) is 2. The summed E-state index contributed by atoms with van der Waals surface area (Å²) >= 11 is 1.44. The molecule has 8 heteroatoms. The molecule has 166 valence electrons. The van der Waals surface area contributed by atoms with E-state index in [1.807, 2.05) is 17.5 Å². The molecule has 5 aliphatic rings. The summed E-state index contributed by atoms with van der Waals surface area (Å²) in [6.07, 6.45) is 6.47. The van der Waals surface area contributed by atoms with Gasteiger partial charge in [0.1, 0.15) is 6.61 Å². The van der Waals surface area contributed by atoms with E-state index in [0.29, 0.717) is 29.0 Å². The van der Waals surface area contributed by atoms with E-state index in [9.17, 15) is 14.4 Å². The van der Waals surface area contributed by atoms with Gasteiger partial charge < -0.3 is 20.1 Å². The molecule has 2 N–H and O–H groups in total. The molecule has 4 bridgehead atoms. The van der Waals surface area contributed by atoms with Crippen molar-refractivity contribution in [1.29, 1.82) is 0 Å². The summed E-state index contributed by atoms with van der Waals surface area (Å²) in [6.45, 7) is 1.82. The average molecular weight is 445 g/mol. The monoisotopic (exact) mass is 444 g/mol. The number of carbonyl (C=O) groups is 3. The van der Waals surface area contributed by atoms with Gasteiger partial charge in [-0.25, -0.2) is 9.59 Å². The Morgan fingerprint density at radius 1 is 1.13 bits per heavy atom. The molecule has 2 heterocycles. The minimum atomic E-state index is -0.624. The van der Waals surface area contributed by atoms with Gasteiger partial charge in [0, 0.05) is 4.88 Å². The minimum absolute atomic E-state index is 0.135. The molecular formula is C23H28N2O5S. The number of hydrogen-bond acceptors (Lipinski definition) is 6. The summed E-state index contributed by atoms with van der Waals surface area (Å²) in [7, 11) is 0. The molecule has 31 heavy (non-hydrogen) atoms. The Morgan fingerprint density at radius 3 is 2.39 bits per heavy atom. The highest BCUT2D eigenvalue weighted by atomic mass is 32.1. The fourth-order valence-electron chi connectivity index (χ4n) is 6.50.